The molecule has 140 valence electrons. The van der Waals surface area contributed by atoms with E-state index in [2.05, 4.69) is 5.32 Å². The van der Waals surface area contributed by atoms with E-state index in [1.165, 1.54) is 4.31 Å². The van der Waals surface area contributed by atoms with E-state index < -0.39 is 10.0 Å². The molecule has 0 spiro atoms. The smallest absolute Gasteiger partial charge is 0.232 e. The van der Waals surface area contributed by atoms with Gasteiger partial charge in [-0.25, -0.2) is 8.42 Å². The van der Waals surface area contributed by atoms with Gasteiger partial charge in [-0.2, -0.15) is 0 Å². The van der Waals surface area contributed by atoms with Crippen LogP contribution < -0.4 is 9.62 Å². The van der Waals surface area contributed by atoms with E-state index in [1.807, 2.05) is 44.2 Å². The summed E-state index contributed by atoms with van der Waals surface area (Å²) in [5, 5.41) is 3.36. The number of anilines is 1. The molecule has 0 atom stereocenters. The van der Waals surface area contributed by atoms with Crippen LogP contribution in [0, 0.1) is 13.8 Å². The highest BCUT2D eigenvalue weighted by molar-refractivity contribution is 7.92. The van der Waals surface area contributed by atoms with E-state index in [0.29, 0.717) is 17.3 Å². The third-order valence-electron chi connectivity index (χ3n) is 4.00. The Hall–Kier alpha value is -2.05. The summed E-state index contributed by atoms with van der Waals surface area (Å²) in [7, 11) is -3.49. The third kappa shape index (κ3) is 5.47. The van der Waals surface area contributed by atoms with Crippen molar-refractivity contribution in [2.24, 2.45) is 0 Å². The molecule has 0 aliphatic carbocycles. The van der Waals surface area contributed by atoms with Gasteiger partial charge in [0.05, 0.1) is 11.9 Å². The number of carbonyl (C=O) groups is 1. The average molecular weight is 395 g/mol. The van der Waals surface area contributed by atoms with Crippen molar-refractivity contribution in [3.63, 3.8) is 0 Å². The van der Waals surface area contributed by atoms with Gasteiger partial charge in [-0.1, -0.05) is 47.5 Å². The quantitative estimate of drug-likeness (QED) is 0.782. The summed E-state index contributed by atoms with van der Waals surface area (Å²) in [6, 6.07) is 12.8. The second-order valence-corrected chi connectivity index (χ2v) is 8.56. The Morgan fingerprint density at radius 1 is 1.15 bits per heavy atom. The summed E-state index contributed by atoms with van der Waals surface area (Å²) in [5.41, 5.74) is 3.32. The van der Waals surface area contributed by atoms with E-state index in [1.54, 1.807) is 12.1 Å². The number of benzene rings is 2. The minimum absolute atomic E-state index is 0.0604. The van der Waals surface area contributed by atoms with Crippen LogP contribution in [0.5, 0.6) is 0 Å². The van der Waals surface area contributed by atoms with Crippen molar-refractivity contribution in [3.05, 3.63) is 64.2 Å². The molecule has 1 N–H and O–H groups in total. The van der Waals surface area contributed by atoms with Crippen LogP contribution in [0.4, 0.5) is 5.69 Å². The molecule has 2 rings (SSSR count). The molecule has 2 aromatic rings. The van der Waals surface area contributed by atoms with Crippen LogP contribution in [0.15, 0.2) is 42.5 Å². The molecule has 0 aliphatic rings. The average Bonchev–Trinajstić information content (AvgIpc) is 2.55. The van der Waals surface area contributed by atoms with Crippen molar-refractivity contribution in [1.29, 1.82) is 0 Å². The molecule has 7 heteroatoms. The molecule has 0 aliphatic heterocycles. The molecule has 0 fully saturated rings. The highest BCUT2D eigenvalue weighted by Crippen LogP contribution is 2.23. The van der Waals surface area contributed by atoms with Gasteiger partial charge in [0.1, 0.15) is 0 Å². The zero-order chi connectivity index (χ0) is 19.3. The molecule has 0 heterocycles. The number of nitrogens with one attached hydrogen (secondary N) is 1. The van der Waals surface area contributed by atoms with E-state index in [9.17, 15) is 13.2 Å². The summed E-state index contributed by atoms with van der Waals surface area (Å²) in [6.07, 6.45) is 1.21. The van der Waals surface area contributed by atoms with Gasteiger partial charge in [-0.3, -0.25) is 9.10 Å². The largest absolute Gasteiger partial charge is 0.352 e. The van der Waals surface area contributed by atoms with E-state index in [-0.39, 0.29) is 18.9 Å². The molecule has 2 aromatic carbocycles. The molecular formula is C19H23ClN2O3S. The maximum atomic E-state index is 12.2. The van der Waals surface area contributed by atoms with Crippen molar-refractivity contribution in [3.8, 4) is 0 Å². The molecule has 26 heavy (non-hydrogen) atoms. The first-order valence-corrected chi connectivity index (χ1v) is 10.5. The van der Waals surface area contributed by atoms with Gasteiger partial charge < -0.3 is 5.32 Å². The molecule has 5 nitrogen and oxygen atoms in total. The van der Waals surface area contributed by atoms with Crippen LogP contribution in [-0.2, 0) is 21.4 Å². The van der Waals surface area contributed by atoms with Gasteiger partial charge in [0.25, 0.3) is 0 Å². The van der Waals surface area contributed by atoms with Crippen LogP contribution in [-0.4, -0.2) is 27.1 Å². The Bertz CT molecular complexity index is 897. The Morgan fingerprint density at radius 3 is 2.46 bits per heavy atom. The maximum absolute atomic E-state index is 12.2. The highest BCUT2D eigenvalue weighted by atomic mass is 35.5. The predicted molar refractivity (Wildman–Crippen MR) is 106 cm³/mol. The third-order valence-corrected chi connectivity index (χ3v) is 5.55. The van der Waals surface area contributed by atoms with Gasteiger partial charge in [0.2, 0.25) is 15.9 Å². The molecule has 0 aromatic heterocycles. The van der Waals surface area contributed by atoms with Crippen molar-refractivity contribution < 1.29 is 13.2 Å². The number of sulfonamides is 1. The second-order valence-electron chi connectivity index (χ2n) is 6.24. The van der Waals surface area contributed by atoms with Crippen LogP contribution in [0.25, 0.3) is 0 Å². The number of hydrogen-bond acceptors (Lipinski definition) is 3. The molecule has 1 amide bonds. The molecule has 0 radical (unpaired) electrons. The molecule has 0 bridgehead atoms. The number of halogens is 1. The fraction of sp³-hybridized carbons (Fsp3) is 0.316. The first-order valence-electron chi connectivity index (χ1n) is 8.23. The summed E-state index contributed by atoms with van der Waals surface area (Å²) in [4.78, 5) is 12.2. The van der Waals surface area contributed by atoms with Crippen LogP contribution >= 0.6 is 11.6 Å². The van der Waals surface area contributed by atoms with E-state index in [0.717, 1.165) is 22.9 Å². The lowest BCUT2D eigenvalue weighted by Gasteiger charge is -2.24. The Kier molecular flexibility index (Phi) is 6.67. The minimum atomic E-state index is -3.49. The fourth-order valence-corrected chi connectivity index (χ4v) is 3.86. The molecular weight excluding hydrogens is 372 g/mol. The monoisotopic (exact) mass is 394 g/mol. The van der Waals surface area contributed by atoms with Crippen LogP contribution in [0.3, 0.4) is 0 Å². The molecule has 0 unspecified atom stereocenters. The summed E-state index contributed by atoms with van der Waals surface area (Å²) in [6.45, 7) is 4.19. The van der Waals surface area contributed by atoms with E-state index >= 15 is 0 Å². The Morgan fingerprint density at radius 2 is 1.85 bits per heavy atom. The second kappa shape index (κ2) is 8.56. The lowest BCUT2D eigenvalue weighted by atomic mass is 10.1. The van der Waals surface area contributed by atoms with Gasteiger partial charge in [-0.05, 0) is 37.1 Å². The van der Waals surface area contributed by atoms with E-state index in [4.69, 9.17) is 11.6 Å². The minimum Gasteiger partial charge on any atom is -0.352 e. The molecule has 0 saturated heterocycles. The predicted octanol–water partition coefficient (Wildman–Crippen LogP) is 3.43. The zero-order valence-corrected chi connectivity index (χ0v) is 16.7. The zero-order valence-electron chi connectivity index (χ0n) is 15.1. The number of aryl methyl sites for hydroxylation is 2. The number of amides is 1. The lowest BCUT2D eigenvalue weighted by molar-refractivity contribution is -0.121. The lowest BCUT2D eigenvalue weighted by Crippen LogP contribution is -2.35. The normalized spacial score (nSPS) is 11.2. The van der Waals surface area contributed by atoms with Crippen molar-refractivity contribution >= 4 is 33.2 Å². The standard InChI is InChI=1S/C19H23ClN2O3S/c1-14-8-9-18(15(2)12-14)22(26(3,24)25)11-10-19(23)21-13-16-6-4-5-7-17(16)20/h4-9,12H,10-11,13H2,1-3H3,(H,21,23). The summed E-state index contributed by atoms with van der Waals surface area (Å²) >= 11 is 6.07. The number of carbonyl (C=O) groups excluding carboxylic acids is 1. The van der Waals surface area contributed by atoms with Crippen LogP contribution in [0.1, 0.15) is 23.1 Å². The number of nitrogens with zero attached hydrogens (tertiary/aromatic N) is 1. The van der Waals surface area contributed by atoms with Gasteiger partial charge in [-0.15, -0.1) is 0 Å². The highest BCUT2D eigenvalue weighted by Gasteiger charge is 2.20. The topological polar surface area (TPSA) is 66.5 Å². The van der Waals surface area contributed by atoms with Crippen molar-refractivity contribution in [2.75, 3.05) is 17.1 Å². The van der Waals surface area contributed by atoms with Crippen molar-refractivity contribution in [2.45, 2.75) is 26.8 Å². The Balaban J connectivity index is 2.03. The van der Waals surface area contributed by atoms with Gasteiger partial charge in [0.15, 0.2) is 0 Å². The van der Waals surface area contributed by atoms with Gasteiger partial charge in [0, 0.05) is 24.5 Å². The number of rotatable bonds is 7. The summed E-state index contributed by atoms with van der Waals surface area (Å²) in [5.74, 6) is -0.233. The van der Waals surface area contributed by atoms with Crippen molar-refractivity contribution in [1.82, 2.24) is 5.32 Å². The van der Waals surface area contributed by atoms with Crippen LogP contribution in [0.2, 0.25) is 5.02 Å². The first kappa shape index (κ1) is 20.3. The SMILES string of the molecule is Cc1ccc(N(CCC(=O)NCc2ccccc2Cl)S(C)(=O)=O)c(C)c1. The fourth-order valence-electron chi connectivity index (χ4n) is 2.68. The molecule has 0 saturated carbocycles. The maximum Gasteiger partial charge on any atom is 0.232 e. The first-order chi connectivity index (χ1) is 12.2. The number of hydrogen-bond donors (Lipinski definition) is 1. The summed E-state index contributed by atoms with van der Waals surface area (Å²) < 4.78 is 25.6. The Labute approximate surface area is 160 Å². The van der Waals surface area contributed by atoms with Gasteiger partial charge >= 0.3 is 0 Å².